The smallest absolute Gasteiger partial charge is 0.210 e. The van der Waals surface area contributed by atoms with Crippen LogP contribution in [-0.2, 0) is 0 Å². The summed E-state index contributed by atoms with van der Waals surface area (Å²) in [6, 6.07) is 0. The van der Waals surface area contributed by atoms with E-state index in [1.54, 1.807) is 0 Å². The van der Waals surface area contributed by atoms with Crippen LogP contribution in [-0.4, -0.2) is 44.0 Å². The van der Waals surface area contributed by atoms with Crippen LogP contribution in [0.15, 0.2) is 4.76 Å². The van der Waals surface area contributed by atoms with Crippen LogP contribution in [0.3, 0.4) is 0 Å². The summed E-state index contributed by atoms with van der Waals surface area (Å²) in [5, 5.41) is 0. The van der Waals surface area contributed by atoms with Crippen LogP contribution in [0.2, 0.25) is 0 Å². The molecular formula is C5H12Cl2N3P. The number of hydrogen-bond donors (Lipinski definition) is 0. The van der Waals surface area contributed by atoms with E-state index in [2.05, 4.69) is 4.76 Å². The third kappa shape index (κ3) is 4.67. The van der Waals surface area contributed by atoms with Crippen LogP contribution in [0.1, 0.15) is 0 Å². The molecule has 0 aromatic heterocycles. The van der Waals surface area contributed by atoms with Crippen molar-refractivity contribution in [2.24, 2.45) is 4.76 Å². The van der Waals surface area contributed by atoms with E-state index in [0.29, 0.717) is 0 Å². The van der Waals surface area contributed by atoms with Gasteiger partial charge in [-0.15, -0.1) is 0 Å². The molecule has 0 rings (SSSR count). The maximum Gasteiger partial charge on any atom is 0.210 e. The molecule has 0 spiro atoms. The average Bonchev–Trinajstić information content (AvgIpc) is 1.81. The highest BCUT2D eigenvalue weighted by Gasteiger charge is 2.06. The highest BCUT2D eigenvalue weighted by molar-refractivity contribution is 8.03. The van der Waals surface area contributed by atoms with Crippen molar-refractivity contribution in [3.05, 3.63) is 0 Å². The van der Waals surface area contributed by atoms with Gasteiger partial charge in [0.25, 0.3) is 0 Å². The Hall–Kier alpha value is 0.280. The predicted molar refractivity (Wildman–Crippen MR) is 53.4 cm³/mol. The molecule has 0 aliphatic carbocycles. The largest absolute Gasteiger partial charge is 0.349 e. The van der Waals surface area contributed by atoms with E-state index in [4.69, 9.17) is 22.5 Å². The summed E-state index contributed by atoms with van der Waals surface area (Å²) in [6.07, 6.45) is 0. The normalized spacial score (nSPS) is 9.73. The Morgan fingerprint density at radius 2 is 1.45 bits per heavy atom. The van der Waals surface area contributed by atoms with Crippen LogP contribution in [0.25, 0.3) is 0 Å². The second-order valence-electron chi connectivity index (χ2n) is 2.40. The highest BCUT2D eigenvalue weighted by Crippen LogP contribution is 2.48. The number of nitrogens with zero attached hydrogens (tertiary/aromatic N) is 3. The summed E-state index contributed by atoms with van der Waals surface area (Å²) in [5.74, 6) is 0.779. The molecule has 0 aliphatic heterocycles. The summed E-state index contributed by atoms with van der Waals surface area (Å²) >= 11 is 11.1. The Labute approximate surface area is 78.4 Å². The lowest BCUT2D eigenvalue weighted by Gasteiger charge is -2.22. The molecule has 0 N–H and O–H groups in total. The van der Waals surface area contributed by atoms with Gasteiger partial charge in [0.05, 0.1) is 0 Å². The van der Waals surface area contributed by atoms with Crippen molar-refractivity contribution in [3.63, 3.8) is 0 Å². The molecule has 0 atom stereocenters. The zero-order valence-electron chi connectivity index (χ0n) is 7.04. The standard InChI is InChI=1S/C5H12Cl2N3P/c1-9(2)5(10(3)4)8-11(6)7/h1-4H3. The van der Waals surface area contributed by atoms with Crippen LogP contribution < -0.4 is 0 Å². The van der Waals surface area contributed by atoms with E-state index in [1.165, 1.54) is 0 Å². The van der Waals surface area contributed by atoms with Gasteiger partial charge < -0.3 is 9.80 Å². The topological polar surface area (TPSA) is 18.8 Å². The first kappa shape index (κ1) is 11.3. The molecule has 0 fully saturated rings. The van der Waals surface area contributed by atoms with Crippen molar-refractivity contribution in [1.82, 2.24) is 9.80 Å². The van der Waals surface area contributed by atoms with E-state index in [9.17, 15) is 0 Å². The van der Waals surface area contributed by atoms with Crippen LogP contribution in [0.4, 0.5) is 0 Å². The molecule has 0 amide bonds. The summed E-state index contributed by atoms with van der Waals surface area (Å²) in [7, 11) is 7.58. The molecule has 0 aliphatic rings. The molecule has 66 valence electrons. The van der Waals surface area contributed by atoms with Crippen molar-refractivity contribution in [1.29, 1.82) is 0 Å². The second kappa shape index (κ2) is 5.02. The van der Waals surface area contributed by atoms with Gasteiger partial charge in [-0.05, 0) is 0 Å². The molecule has 0 saturated carbocycles. The Morgan fingerprint density at radius 1 is 1.09 bits per heavy atom. The zero-order chi connectivity index (χ0) is 9.02. The molecular weight excluding hydrogens is 204 g/mol. The molecule has 3 nitrogen and oxygen atoms in total. The number of guanidine groups is 1. The van der Waals surface area contributed by atoms with Crippen LogP contribution >= 0.6 is 29.3 Å². The van der Waals surface area contributed by atoms with Gasteiger partial charge >= 0.3 is 0 Å². The van der Waals surface area contributed by atoms with Gasteiger partial charge in [0.2, 0.25) is 12.7 Å². The zero-order valence-corrected chi connectivity index (χ0v) is 9.45. The predicted octanol–water partition coefficient (Wildman–Crippen LogP) is 2.17. The van der Waals surface area contributed by atoms with Crippen LogP contribution in [0.5, 0.6) is 0 Å². The minimum atomic E-state index is -1.26. The van der Waals surface area contributed by atoms with Crippen molar-refractivity contribution in [3.8, 4) is 0 Å². The van der Waals surface area contributed by atoms with Gasteiger partial charge in [-0.25, -0.2) is 0 Å². The summed E-state index contributed by atoms with van der Waals surface area (Å²) < 4.78 is 4.04. The lowest BCUT2D eigenvalue weighted by Crippen LogP contribution is -2.34. The summed E-state index contributed by atoms with van der Waals surface area (Å²) in [4.78, 5) is 3.72. The van der Waals surface area contributed by atoms with Gasteiger partial charge in [-0.2, -0.15) is 4.76 Å². The maximum atomic E-state index is 5.55. The lowest BCUT2D eigenvalue weighted by molar-refractivity contribution is 0.486. The first-order valence-corrected chi connectivity index (χ1v) is 6.10. The third-order valence-electron chi connectivity index (χ3n) is 0.965. The van der Waals surface area contributed by atoms with E-state index >= 15 is 0 Å². The third-order valence-corrected chi connectivity index (χ3v) is 1.75. The Kier molecular flexibility index (Phi) is 5.15. The molecule has 0 bridgehead atoms. The quantitative estimate of drug-likeness (QED) is 0.380. The molecule has 0 aromatic carbocycles. The Balaban J connectivity index is 4.33. The molecule has 0 unspecified atom stereocenters. The molecule has 6 heteroatoms. The average molecular weight is 216 g/mol. The van der Waals surface area contributed by atoms with Crippen molar-refractivity contribution >= 4 is 35.2 Å². The van der Waals surface area contributed by atoms with E-state index in [1.807, 2.05) is 38.0 Å². The first-order valence-electron chi connectivity index (χ1n) is 3.00. The SMILES string of the molecule is CN(C)C(=NP(Cl)Cl)N(C)C. The van der Waals surface area contributed by atoms with E-state index < -0.39 is 6.78 Å². The fraction of sp³-hybridized carbons (Fsp3) is 0.800. The van der Waals surface area contributed by atoms with E-state index in [-0.39, 0.29) is 0 Å². The number of rotatable bonds is 1. The molecule has 0 radical (unpaired) electrons. The molecule has 0 saturated heterocycles. The fourth-order valence-electron chi connectivity index (χ4n) is 0.646. The fourth-order valence-corrected chi connectivity index (χ4v) is 1.55. The van der Waals surface area contributed by atoms with Gasteiger partial charge in [-0.1, -0.05) is 22.5 Å². The molecule has 0 heterocycles. The maximum absolute atomic E-state index is 5.55. The second-order valence-corrected chi connectivity index (χ2v) is 5.47. The highest BCUT2D eigenvalue weighted by atomic mass is 35.9. The summed E-state index contributed by atoms with van der Waals surface area (Å²) in [6.45, 7) is -1.26. The molecule has 11 heavy (non-hydrogen) atoms. The lowest BCUT2D eigenvalue weighted by atomic mass is 10.7. The van der Waals surface area contributed by atoms with Gasteiger partial charge in [0.15, 0.2) is 0 Å². The van der Waals surface area contributed by atoms with Crippen molar-refractivity contribution < 1.29 is 0 Å². The number of halogens is 2. The minimum absolute atomic E-state index is 0.779. The van der Waals surface area contributed by atoms with Gasteiger partial charge in [0, 0.05) is 28.2 Å². The van der Waals surface area contributed by atoms with Gasteiger partial charge in [-0.3, -0.25) is 0 Å². The Morgan fingerprint density at radius 3 is 1.55 bits per heavy atom. The first-order chi connectivity index (χ1) is 4.95. The monoisotopic (exact) mass is 215 g/mol. The van der Waals surface area contributed by atoms with Crippen molar-refractivity contribution in [2.75, 3.05) is 28.2 Å². The number of hydrogen-bond acceptors (Lipinski definition) is 1. The summed E-state index contributed by atoms with van der Waals surface area (Å²) in [5.41, 5.74) is 0. The molecule has 0 aromatic rings. The minimum Gasteiger partial charge on any atom is -0.349 e. The van der Waals surface area contributed by atoms with Crippen molar-refractivity contribution in [2.45, 2.75) is 0 Å². The van der Waals surface area contributed by atoms with Crippen LogP contribution in [0, 0.1) is 0 Å². The van der Waals surface area contributed by atoms with E-state index in [0.717, 1.165) is 5.96 Å². The Bertz CT molecular complexity index is 137. The van der Waals surface area contributed by atoms with Gasteiger partial charge in [0.1, 0.15) is 0 Å².